The molecule has 0 radical (unpaired) electrons. The Hall–Kier alpha value is -1.70. The lowest BCUT2D eigenvalue weighted by Gasteiger charge is -2.32. The van der Waals surface area contributed by atoms with E-state index in [1.54, 1.807) is 32.7 Å². The fraction of sp³-hybridized carbons (Fsp3) is 0.471. The van der Waals surface area contributed by atoms with Gasteiger partial charge < -0.3 is 4.74 Å². The van der Waals surface area contributed by atoms with Crippen molar-refractivity contribution in [2.75, 3.05) is 13.7 Å². The molecule has 2 rings (SSSR count). The van der Waals surface area contributed by atoms with E-state index in [0.29, 0.717) is 17.8 Å². The van der Waals surface area contributed by atoms with E-state index in [2.05, 4.69) is 9.82 Å². The number of aryl methyl sites for hydroxylation is 2. The van der Waals surface area contributed by atoms with Gasteiger partial charge in [0.15, 0.2) is 0 Å². The Labute approximate surface area is 143 Å². The van der Waals surface area contributed by atoms with Gasteiger partial charge in [-0.05, 0) is 25.8 Å². The van der Waals surface area contributed by atoms with E-state index in [1.807, 2.05) is 37.3 Å². The van der Waals surface area contributed by atoms with Gasteiger partial charge in [-0.3, -0.25) is 4.68 Å². The van der Waals surface area contributed by atoms with Gasteiger partial charge in [0.05, 0.1) is 11.4 Å². The van der Waals surface area contributed by atoms with Gasteiger partial charge in [-0.15, -0.1) is 0 Å². The van der Waals surface area contributed by atoms with E-state index < -0.39 is 15.6 Å². The summed E-state index contributed by atoms with van der Waals surface area (Å²) in [5, 5.41) is 4.19. The minimum absolute atomic E-state index is 0.153. The molecule has 1 heterocycles. The van der Waals surface area contributed by atoms with Crippen LogP contribution in [-0.2, 0) is 27.4 Å². The topological polar surface area (TPSA) is 73.2 Å². The van der Waals surface area contributed by atoms with Crippen LogP contribution in [0.25, 0.3) is 0 Å². The Morgan fingerprint density at radius 1 is 1.25 bits per heavy atom. The van der Waals surface area contributed by atoms with E-state index in [4.69, 9.17) is 4.74 Å². The van der Waals surface area contributed by atoms with Crippen LogP contribution in [0.4, 0.5) is 0 Å². The molecule has 7 heteroatoms. The molecular formula is C17H25N3O3S. The van der Waals surface area contributed by atoms with Crippen molar-refractivity contribution in [3.8, 4) is 0 Å². The highest BCUT2D eigenvalue weighted by molar-refractivity contribution is 7.89. The number of aromatic nitrogens is 2. The summed E-state index contributed by atoms with van der Waals surface area (Å²) in [6.07, 6.45) is 0.640. The van der Waals surface area contributed by atoms with E-state index in [-0.39, 0.29) is 11.4 Å². The first-order chi connectivity index (χ1) is 11.3. The molecule has 0 aliphatic rings. The summed E-state index contributed by atoms with van der Waals surface area (Å²) in [5.41, 5.74) is 1.33. The molecule has 132 valence electrons. The second-order valence-corrected chi connectivity index (χ2v) is 7.57. The van der Waals surface area contributed by atoms with Crippen molar-refractivity contribution >= 4 is 10.0 Å². The molecule has 0 fully saturated rings. The van der Waals surface area contributed by atoms with Gasteiger partial charge in [0, 0.05) is 20.7 Å². The molecule has 1 aromatic carbocycles. The van der Waals surface area contributed by atoms with Gasteiger partial charge in [0.2, 0.25) is 10.0 Å². The summed E-state index contributed by atoms with van der Waals surface area (Å²) in [6, 6.07) is 9.65. The van der Waals surface area contributed by atoms with Crippen LogP contribution in [0.5, 0.6) is 0 Å². The highest BCUT2D eigenvalue weighted by atomic mass is 32.2. The van der Waals surface area contributed by atoms with Gasteiger partial charge in [-0.1, -0.05) is 37.3 Å². The Morgan fingerprint density at radius 2 is 1.88 bits per heavy atom. The maximum absolute atomic E-state index is 12.8. The van der Waals surface area contributed by atoms with Crippen molar-refractivity contribution in [3.63, 3.8) is 0 Å². The van der Waals surface area contributed by atoms with Crippen LogP contribution in [0.15, 0.2) is 35.2 Å². The number of sulfonamides is 1. The third kappa shape index (κ3) is 3.38. The minimum Gasteiger partial charge on any atom is -0.372 e. The minimum atomic E-state index is -3.68. The van der Waals surface area contributed by atoms with Crippen LogP contribution in [0, 0.1) is 13.8 Å². The van der Waals surface area contributed by atoms with Gasteiger partial charge in [0.1, 0.15) is 10.5 Å². The predicted octanol–water partition coefficient (Wildman–Crippen LogP) is 2.27. The Kier molecular flexibility index (Phi) is 5.47. The summed E-state index contributed by atoms with van der Waals surface area (Å²) in [5.74, 6) is 0. The zero-order chi connectivity index (χ0) is 18.0. The van der Waals surface area contributed by atoms with E-state index in [0.717, 1.165) is 5.56 Å². The Morgan fingerprint density at radius 3 is 2.33 bits per heavy atom. The van der Waals surface area contributed by atoms with Gasteiger partial charge >= 0.3 is 0 Å². The maximum atomic E-state index is 12.8. The molecule has 0 amide bonds. The van der Waals surface area contributed by atoms with Crippen LogP contribution in [0.2, 0.25) is 0 Å². The molecular weight excluding hydrogens is 326 g/mol. The molecule has 1 atom stereocenters. The van der Waals surface area contributed by atoms with Crippen molar-refractivity contribution in [2.24, 2.45) is 7.05 Å². The number of benzene rings is 1. The standard InChI is InChI=1S/C17H25N3O3S/c1-6-17(23-5,15-10-8-7-9-11-15)12-18-24(21,22)16-13(2)19-20(4)14(16)3/h7-11,18H,6,12H2,1-5H3. The summed E-state index contributed by atoms with van der Waals surface area (Å²) in [4.78, 5) is 0.235. The number of ether oxygens (including phenoxy) is 1. The lowest BCUT2D eigenvalue weighted by molar-refractivity contribution is -0.0133. The van der Waals surface area contributed by atoms with Crippen LogP contribution in [-0.4, -0.2) is 31.9 Å². The van der Waals surface area contributed by atoms with Crippen LogP contribution >= 0.6 is 0 Å². The van der Waals surface area contributed by atoms with E-state index in [9.17, 15) is 8.42 Å². The number of rotatable bonds is 7. The van der Waals surface area contributed by atoms with Crippen LogP contribution in [0.3, 0.4) is 0 Å². The van der Waals surface area contributed by atoms with Crippen molar-refractivity contribution in [2.45, 2.75) is 37.7 Å². The number of hydrogen-bond acceptors (Lipinski definition) is 4. The first-order valence-electron chi connectivity index (χ1n) is 7.88. The highest BCUT2D eigenvalue weighted by Gasteiger charge is 2.33. The quantitative estimate of drug-likeness (QED) is 0.830. The molecule has 24 heavy (non-hydrogen) atoms. The number of methoxy groups -OCH3 is 1. The zero-order valence-electron chi connectivity index (χ0n) is 14.8. The van der Waals surface area contributed by atoms with Crippen molar-refractivity contribution < 1.29 is 13.2 Å². The zero-order valence-corrected chi connectivity index (χ0v) is 15.6. The maximum Gasteiger partial charge on any atom is 0.244 e. The summed E-state index contributed by atoms with van der Waals surface area (Å²) >= 11 is 0. The summed E-state index contributed by atoms with van der Waals surface area (Å²) in [6.45, 7) is 5.57. The fourth-order valence-corrected chi connectivity index (χ4v) is 4.45. The van der Waals surface area contributed by atoms with Crippen LogP contribution < -0.4 is 4.72 Å². The van der Waals surface area contributed by atoms with Gasteiger partial charge in [-0.25, -0.2) is 13.1 Å². The Balaban J connectivity index is 2.33. The first kappa shape index (κ1) is 18.6. The molecule has 0 aliphatic carbocycles. The summed E-state index contributed by atoms with van der Waals surface area (Å²) in [7, 11) is -0.340. The largest absolute Gasteiger partial charge is 0.372 e. The smallest absolute Gasteiger partial charge is 0.244 e. The average Bonchev–Trinajstić information content (AvgIpc) is 2.83. The lowest BCUT2D eigenvalue weighted by atomic mass is 9.91. The molecule has 6 nitrogen and oxygen atoms in total. The molecule has 0 saturated heterocycles. The average molecular weight is 351 g/mol. The van der Waals surface area contributed by atoms with Gasteiger partial charge in [0.25, 0.3) is 0 Å². The van der Waals surface area contributed by atoms with Crippen LogP contribution in [0.1, 0.15) is 30.3 Å². The normalized spacial score (nSPS) is 14.5. The number of nitrogens with one attached hydrogen (secondary N) is 1. The van der Waals surface area contributed by atoms with E-state index >= 15 is 0 Å². The number of hydrogen-bond donors (Lipinski definition) is 1. The monoisotopic (exact) mass is 351 g/mol. The molecule has 1 N–H and O–H groups in total. The van der Waals surface area contributed by atoms with Crippen molar-refractivity contribution in [1.82, 2.24) is 14.5 Å². The third-order valence-electron chi connectivity index (χ3n) is 4.52. The second kappa shape index (κ2) is 7.04. The second-order valence-electron chi connectivity index (χ2n) is 5.87. The lowest BCUT2D eigenvalue weighted by Crippen LogP contribution is -2.42. The molecule has 0 spiro atoms. The molecule has 0 saturated carbocycles. The first-order valence-corrected chi connectivity index (χ1v) is 9.36. The van der Waals surface area contributed by atoms with Gasteiger partial charge in [-0.2, -0.15) is 5.10 Å². The molecule has 0 bridgehead atoms. The predicted molar refractivity (Wildman–Crippen MR) is 93.3 cm³/mol. The highest BCUT2D eigenvalue weighted by Crippen LogP contribution is 2.29. The Bertz CT molecular complexity index is 794. The summed E-state index contributed by atoms with van der Waals surface area (Å²) < 4.78 is 35.6. The molecule has 2 aromatic rings. The van der Waals surface area contributed by atoms with Crippen molar-refractivity contribution in [3.05, 3.63) is 47.3 Å². The molecule has 0 aliphatic heterocycles. The van der Waals surface area contributed by atoms with E-state index in [1.165, 1.54) is 0 Å². The SMILES string of the molecule is CCC(CNS(=O)(=O)c1c(C)nn(C)c1C)(OC)c1ccccc1. The third-order valence-corrected chi connectivity index (χ3v) is 6.17. The molecule has 1 unspecified atom stereocenters. The number of nitrogens with zero attached hydrogens (tertiary/aromatic N) is 2. The molecule has 1 aromatic heterocycles. The van der Waals surface area contributed by atoms with Crippen molar-refractivity contribution in [1.29, 1.82) is 0 Å². The fourth-order valence-electron chi connectivity index (χ4n) is 2.93.